The van der Waals surface area contributed by atoms with Gasteiger partial charge < -0.3 is 20.3 Å². The second kappa shape index (κ2) is 7.53. The van der Waals surface area contributed by atoms with Gasteiger partial charge in [0, 0.05) is 37.4 Å². The molecule has 8 heteroatoms. The van der Waals surface area contributed by atoms with E-state index in [1.807, 2.05) is 0 Å². The number of carbonyl (C=O) groups is 3. The number of esters is 1. The lowest BCUT2D eigenvalue weighted by Crippen LogP contribution is -2.62. The van der Waals surface area contributed by atoms with Gasteiger partial charge in [0.05, 0.1) is 24.3 Å². The molecule has 26 heavy (non-hydrogen) atoms. The molecule has 2 heterocycles. The van der Waals surface area contributed by atoms with Crippen LogP contribution in [0, 0.1) is 0 Å². The van der Waals surface area contributed by atoms with Gasteiger partial charge in [-0.3, -0.25) is 14.4 Å². The first-order valence-electron chi connectivity index (χ1n) is 8.76. The number of anilines is 1. The van der Waals surface area contributed by atoms with Gasteiger partial charge in [-0.05, 0) is 25.1 Å². The molecule has 0 saturated carbocycles. The lowest BCUT2D eigenvalue weighted by molar-refractivity contribution is -0.146. The van der Waals surface area contributed by atoms with Gasteiger partial charge in [-0.15, -0.1) is 0 Å². The molecule has 1 saturated heterocycles. The molecule has 2 aliphatic heterocycles. The fourth-order valence-corrected chi connectivity index (χ4v) is 3.55. The number of nitrogens with one attached hydrogen (secondary N) is 2. The number of hydrogen-bond acceptors (Lipinski definition) is 5. The van der Waals surface area contributed by atoms with E-state index in [9.17, 15) is 14.4 Å². The van der Waals surface area contributed by atoms with Gasteiger partial charge in [-0.25, -0.2) is 0 Å². The predicted molar refractivity (Wildman–Crippen MR) is 97.0 cm³/mol. The molecule has 2 aliphatic rings. The number of likely N-dealkylation sites (tertiary alicyclic amines) is 1. The van der Waals surface area contributed by atoms with Crippen molar-refractivity contribution < 1.29 is 19.1 Å². The van der Waals surface area contributed by atoms with Crippen molar-refractivity contribution in [2.45, 2.75) is 38.3 Å². The first-order valence-corrected chi connectivity index (χ1v) is 9.14. The minimum Gasteiger partial charge on any atom is -0.466 e. The van der Waals surface area contributed by atoms with Crippen LogP contribution in [0.5, 0.6) is 0 Å². The Balaban J connectivity index is 1.59. The first kappa shape index (κ1) is 18.5. The summed E-state index contributed by atoms with van der Waals surface area (Å²) < 4.78 is 4.85. The van der Waals surface area contributed by atoms with Crippen molar-refractivity contribution in [3.05, 3.63) is 28.8 Å². The molecule has 0 atom stereocenters. The fraction of sp³-hybridized carbons (Fsp3) is 0.500. The molecule has 1 aromatic carbocycles. The molecule has 2 amide bonds. The highest BCUT2D eigenvalue weighted by Gasteiger charge is 2.41. The van der Waals surface area contributed by atoms with Gasteiger partial charge in [0.2, 0.25) is 5.91 Å². The Morgan fingerprint density at radius 2 is 1.96 bits per heavy atom. The SMILES string of the molecule is CCOC(=O)CCC(=O)N1CCC2(CC1)NC(=O)c1ccc(Cl)cc1N2. The Bertz CT molecular complexity index is 729. The van der Waals surface area contributed by atoms with E-state index in [1.54, 1.807) is 30.0 Å². The van der Waals surface area contributed by atoms with E-state index in [0.29, 0.717) is 48.8 Å². The minimum atomic E-state index is -0.577. The summed E-state index contributed by atoms with van der Waals surface area (Å²) in [6.45, 7) is 3.06. The smallest absolute Gasteiger partial charge is 0.306 e. The summed E-state index contributed by atoms with van der Waals surface area (Å²) >= 11 is 6.04. The van der Waals surface area contributed by atoms with Gasteiger partial charge in [0.25, 0.3) is 5.91 Å². The Morgan fingerprint density at radius 3 is 2.65 bits per heavy atom. The number of amides is 2. The van der Waals surface area contributed by atoms with Crippen LogP contribution in [-0.2, 0) is 14.3 Å². The summed E-state index contributed by atoms with van der Waals surface area (Å²) in [6.07, 6.45) is 1.39. The average Bonchev–Trinajstić information content (AvgIpc) is 2.60. The summed E-state index contributed by atoms with van der Waals surface area (Å²) in [5, 5.41) is 6.97. The topological polar surface area (TPSA) is 87.7 Å². The second-order valence-corrected chi connectivity index (χ2v) is 6.97. The molecule has 0 aromatic heterocycles. The number of ether oxygens (including phenoxy) is 1. The van der Waals surface area contributed by atoms with Crippen molar-refractivity contribution in [1.29, 1.82) is 0 Å². The highest BCUT2D eigenvalue weighted by molar-refractivity contribution is 6.31. The molecule has 1 fully saturated rings. The maximum atomic E-state index is 12.4. The molecule has 1 spiro atoms. The quantitative estimate of drug-likeness (QED) is 0.783. The third-order valence-electron chi connectivity index (χ3n) is 4.77. The lowest BCUT2D eigenvalue weighted by Gasteiger charge is -2.46. The number of carbonyl (C=O) groups excluding carboxylic acids is 3. The van der Waals surface area contributed by atoms with Gasteiger partial charge in [0.1, 0.15) is 5.66 Å². The van der Waals surface area contributed by atoms with Gasteiger partial charge >= 0.3 is 5.97 Å². The Kier molecular flexibility index (Phi) is 5.36. The number of halogens is 1. The number of fused-ring (bicyclic) bond motifs is 1. The zero-order valence-corrected chi connectivity index (χ0v) is 15.4. The Labute approximate surface area is 157 Å². The van der Waals surface area contributed by atoms with Gasteiger partial charge in [-0.1, -0.05) is 11.6 Å². The predicted octanol–water partition coefficient (Wildman–Crippen LogP) is 2.16. The van der Waals surface area contributed by atoms with E-state index < -0.39 is 5.66 Å². The highest BCUT2D eigenvalue weighted by atomic mass is 35.5. The molecule has 0 aliphatic carbocycles. The number of benzene rings is 1. The summed E-state index contributed by atoms with van der Waals surface area (Å²) in [7, 11) is 0. The second-order valence-electron chi connectivity index (χ2n) is 6.54. The number of hydrogen-bond donors (Lipinski definition) is 2. The van der Waals surface area contributed by atoms with Crippen molar-refractivity contribution >= 4 is 35.1 Å². The van der Waals surface area contributed by atoms with Crippen molar-refractivity contribution in [2.24, 2.45) is 0 Å². The molecule has 0 bridgehead atoms. The molecule has 2 N–H and O–H groups in total. The average molecular weight is 380 g/mol. The van der Waals surface area contributed by atoms with Crippen LogP contribution in [0.4, 0.5) is 5.69 Å². The van der Waals surface area contributed by atoms with Crippen LogP contribution in [0.3, 0.4) is 0 Å². The Hall–Kier alpha value is -2.28. The molecule has 1 aromatic rings. The van der Waals surface area contributed by atoms with E-state index in [4.69, 9.17) is 16.3 Å². The summed E-state index contributed by atoms with van der Waals surface area (Å²) in [5.41, 5.74) is 0.698. The van der Waals surface area contributed by atoms with Crippen molar-refractivity contribution in [3.8, 4) is 0 Å². The van der Waals surface area contributed by atoms with Crippen molar-refractivity contribution in [2.75, 3.05) is 25.0 Å². The number of nitrogens with zero attached hydrogens (tertiary/aromatic N) is 1. The molecule has 0 unspecified atom stereocenters. The lowest BCUT2D eigenvalue weighted by atomic mass is 9.92. The van der Waals surface area contributed by atoms with Gasteiger partial charge in [-0.2, -0.15) is 0 Å². The van der Waals surface area contributed by atoms with Crippen LogP contribution in [-0.4, -0.2) is 48.0 Å². The van der Waals surface area contributed by atoms with Crippen LogP contribution in [0.2, 0.25) is 5.02 Å². The highest BCUT2D eigenvalue weighted by Crippen LogP contribution is 2.33. The van der Waals surface area contributed by atoms with Crippen LogP contribution in [0.25, 0.3) is 0 Å². The number of piperidine rings is 1. The molecule has 140 valence electrons. The summed E-state index contributed by atoms with van der Waals surface area (Å²) in [6, 6.07) is 5.12. The largest absolute Gasteiger partial charge is 0.466 e. The Morgan fingerprint density at radius 1 is 1.23 bits per heavy atom. The van der Waals surface area contributed by atoms with Crippen molar-refractivity contribution in [1.82, 2.24) is 10.2 Å². The molecule has 0 radical (unpaired) electrons. The van der Waals surface area contributed by atoms with Crippen LogP contribution in [0.15, 0.2) is 18.2 Å². The molecular formula is C18H22ClN3O4. The minimum absolute atomic E-state index is 0.0708. The van der Waals surface area contributed by atoms with Crippen LogP contribution in [0.1, 0.15) is 43.0 Å². The standard InChI is InChI=1S/C18H22ClN3O4/c1-2-26-16(24)6-5-15(23)22-9-7-18(8-10-22)20-14-11-12(19)3-4-13(14)17(25)21-18/h3-4,11,20H,2,5-10H2,1H3,(H,21,25). The third kappa shape index (κ3) is 3.93. The van der Waals surface area contributed by atoms with E-state index in [-0.39, 0.29) is 30.6 Å². The molecule has 3 rings (SSSR count). The van der Waals surface area contributed by atoms with E-state index >= 15 is 0 Å². The van der Waals surface area contributed by atoms with E-state index in [2.05, 4.69) is 10.6 Å². The normalized spacial score (nSPS) is 17.9. The van der Waals surface area contributed by atoms with Crippen LogP contribution >= 0.6 is 11.6 Å². The molecular weight excluding hydrogens is 358 g/mol. The maximum absolute atomic E-state index is 12.4. The van der Waals surface area contributed by atoms with E-state index in [0.717, 1.165) is 0 Å². The summed E-state index contributed by atoms with van der Waals surface area (Å²) in [5.74, 6) is -0.569. The maximum Gasteiger partial charge on any atom is 0.306 e. The molecule has 7 nitrogen and oxygen atoms in total. The van der Waals surface area contributed by atoms with Crippen molar-refractivity contribution in [3.63, 3.8) is 0 Å². The third-order valence-corrected chi connectivity index (χ3v) is 5.01. The first-order chi connectivity index (χ1) is 12.4. The monoisotopic (exact) mass is 379 g/mol. The zero-order valence-electron chi connectivity index (χ0n) is 14.6. The van der Waals surface area contributed by atoms with Gasteiger partial charge in [0.15, 0.2) is 0 Å². The zero-order chi connectivity index (χ0) is 18.7. The van der Waals surface area contributed by atoms with Crippen LogP contribution < -0.4 is 10.6 Å². The fourth-order valence-electron chi connectivity index (χ4n) is 3.38. The number of rotatable bonds is 4. The van der Waals surface area contributed by atoms with E-state index in [1.165, 1.54) is 0 Å². The summed E-state index contributed by atoms with van der Waals surface area (Å²) in [4.78, 5) is 37.8.